The van der Waals surface area contributed by atoms with E-state index in [1.165, 1.54) is 5.56 Å². The first-order valence-electron chi connectivity index (χ1n) is 7.00. The van der Waals surface area contributed by atoms with Crippen LogP contribution in [-0.2, 0) is 5.41 Å². The lowest BCUT2D eigenvalue weighted by Gasteiger charge is -2.35. The Morgan fingerprint density at radius 3 is 3.20 bits per heavy atom. The van der Waals surface area contributed by atoms with Crippen molar-refractivity contribution in [1.82, 2.24) is 0 Å². The smallest absolute Gasteiger partial charge is 0.166 e. The molecule has 0 saturated heterocycles. The molecule has 1 N–H and O–H groups in total. The molecule has 0 radical (unpaired) electrons. The molecule has 3 unspecified atom stereocenters. The fourth-order valence-electron chi connectivity index (χ4n) is 3.66. The van der Waals surface area contributed by atoms with Crippen LogP contribution in [0.25, 0.3) is 0 Å². The number of aliphatic imine (C=N–C) groups is 1. The van der Waals surface area contributed by atoms with Gasteiger partial charge in [0, 0.05) is 30.3 Å². The summed E-state index contributed by atoms with van der Waals surface area (Å²) in [5, 5.41) is 9.90. The molecule has 0 saturated carbocycles. The van der Waals surface area contributed by atoms with Gasteiger partial charge in [-0.3, -0.25) is 4.99 Å². The monoisotopic (exact) mass is 271 g/mol. The van der Waals surface area contributed by atoms with Crippen LogP contribution in [0.4, 0.5) is 0 Å². The van der Waals surface area contributed by atoms with Gasteiger partial charge in [0.05, 0.1) is 18.6 Å². The van der Waals surface area contributed by atoms with E-state index in [9.17, 15) is 5.11 Å². The largest absolute Gasteiger partial charge is 0.493 e. The Kier molecular flexibility index (Phi) is 2.45. The van der Waals surface area contributed by atoms with Crippen molar-refractivity contribution in [3.05, 3.63) is 35.4 Å². The van der Waals surface area contributed by atoms with Crippen LogP contribution in [0, 0.1) is 0 Å². The molecule has 0 bridgehead atoms. The maximum Gasteiger partial charge on any atom is 0.166 e. The van der Waals surface area contributed by atoms with Crippen LogP contribution in [0.3, 0.4) is 0 Å². The molecule has 20 heavy (non-hydrogen) atoms. The quantitative estimate of drug-likeness (QED) is 0.793. The maximum absolute atomic E-state index is 9.90. The molecule has 1 aromatic rings. The van der Waals surface area contributed by atoms with Gasteiger partial charge in [-0.2, -0.15) is 0 Å². The third-order valence-corrected chi connectivity index (χ3v) is 4.63. The molecule has 1 aliphatic carbocycles. The first kappa shape index (κ1) is 12.0. The van der Waals surface area contributed by atoms with Gasteiger partial charge in [-0.05, 0) is 18.6 Å². The van der Waals surface area contributed by atoms with Crippen LogP contribution in [0.1, 0.15) is 24.0 Å². The van der Waals surface area contributed by atoms with Gasteiger partial charge in [0.25, 0.3) is 0 Å². The van der Waals surface area contributed by atoms with Crippen molar-refractivity contribution in [3.8, 4) is 11.5 Å². The van der Waals surface area contributed by atoms with Crippen LogP contribution in [0.15, 0.2) is 29.3 Å². The fraction of sp³-hybridized carbons (Fsp3) is 0.438. The van der Waals surface area contributed by atoms with Gasteiger partial charge in [0.1, 0.15) is 6.10 Å². The number of benzene rings is 1. The molecule has 0 fully saturated rings. The molecule has 2 heterocycles. The lowest BCUT2D eigenvalue weighted by Crippen LogP contribution is -2.42. The van der Waals surface area contributed by atoms with E-state index in [1.807, 2.05) is 24.4 Å². The van der Waals surface area contributed by atoms with E-state index in [0.29, 0.717) is 6.42 Å². The van der Waals surface area contributed by atoms with Gasteiger partial charge < -0.3 is 14.6 Å². The van der Waals surface area contributed by atoms with E-state index in [2.05, 4.69) is 11.1 Å². The van der Waals surface area contributed by atoms with E-state index in [4.69, 9.17) is 9.47 Å². The van der Waals surface area contributed by atoms with Crippen molar-refractivity contribution in [2.24, 2.45) is 4.99 Å². The third kappa shape index (κ3) is 1.43. The number of nitrogens with zero attached hydrogens (tertiary/aromatic N) is 1. The van der Waals surface area contributed by atoms with Crippen LogP contribution in [0.5, 0.6) is 11.5 Å². The molecular formula is C16H17NO3. The van der Waals surface area contributed by atoms with Gasteiger partial charge in [-0.25, -0.2) is 0 Å². The van der Waals surface area contributed by atoms with Gasteiger partial charge in [-0.15, -0.1) is 0 Å². The van der Waals surface area contributed by atoms with Crippen molar-refractivity contribution < 1.29 is 14.6 Å². The molecule has 0 aromatic heterocycles. The summed E-state index contributed by atoms with van der Waals surface area (Å²) in [5.41, 5.74) is 2.10. The first-order chi connectivity index (χ1) is 9.74. The second-order valence-corrected chi connectivity index (χ2v) is 5.66. The summed E-state index contributed by atoms with van der Waals surface area (Å²) >= 11 is 0. The minimum atomic E-state index is -0.432. The predicted molar refractivity (Wildman–Crippen MR) is 75.9 cm³/mol. The van der Waals surface area contributed by atoms with Gasteiger partial charge in [0.15, 0.2) is 11.5 Å². The summed E-state index contributed by atoms with van der Waals surface area (Å²) < 4.78 is 11.6. The van der Waals surface area contributed by atoms with E-state index >= 15 is 0 Å². The number of hydrogen-bond donors (Lipinski definition) is 1. The van der Waals surface area contributed by atoms with Crippen molar-refractivity contribution in [1.29, 1.82) is 0 Å². The molecular weight excluding hydrogens is 254 g/mol. The average Bonchev–Trinajstić information content (AvgIpc) is 2.66. The predicted octanol–water partition coefficient (Wildman–Crippen LogP) is 1.84. The Bertz CT molecular complexity index is 622. The van der Waals surface area contributed by atoms with Gasteiger partial charge >= 0.3 is 0 Å². The highest BCUT2D eigenvalue weighted by Gasteiger charge is 2.51. The lowest BCUT2D eigenvalue weighted by molar-refractivity contribution is 0.0856. The van der Waals surface area contributed by atoms with Crippen molar-refractivity contribution in [2.45, 2.75) is 30.5 Å². The van der Waals surface area contributed by atoms with Crippen molar-refractivity contribution in [2.75, 3.05) is 13.7 Å². The normalized spacial score (nSPS) is 33.1. The highest BCUT2D eigenvalue weighted by molar-refractivity contribution is 5.86. The van der Waals surface area contributed by atoms with E-state index in [1.54, 1.807) is 7.11 Å². The average molecular weight is 271 g/mol. The number of rotatable bonds is 1. The van der Waals surface area contributed by atoms with Gasteiger partial charge in [0.2, 0.25) is 0 Å². The highest BCUT2D eigenvalue weighted by Crippen LogP contribution is 2.54. The topological polar surface area (TPSA) is 51.0 Å². The highest BCUT2D eigenvalue weighted by atomic mass is 16.5. The zero-order valence-corrected chi connectivity index (χ0v) is 11.4. The minimum absolute atomic E-state index is 0.0331. The van der Waals surface area contributed by atoms with E-state index < -0.39 is 6.10 Å². The van der Waals surface area contributed by atoms with E-state index in [-0.39, 0.29) is 11.5 Å². The second-order valence-electron chi connectivity index (χ2n) is 5.66. The van der Waals surface area contributed by atoms with Gasteiger partial charge in [-0.1, -0.05) is 12.2 Å². The summed E-state index contributed by atoms with van der Waals surface area (Å²) in [5.74, 6) is 1.58. The van der Waals surface area contributed by atoms with Crippen LogP contribution < -0.4 is 9.47 Å². The molecule has 3 atom stereocenters. The summed E-state index contributed by atoms with van der Waals surface area (Å²) in [6.07, 6.45) is 7.00. The zero-order chi connectivity index (χ0) is 13.7. The third-order valence-electron chi connectivity index (χ3n) is 4.63. The Hall–Kier alpha value is -1.81. The Morgan fingerprint density at radius 1 is 1.45 bits per heavy atom. The number of hydrogen-bond acceptors (Lipinski definition) is 4. The number of methoxy groups -OCH3 is 1. The molecule has 1 aromatic carbocycles. The molecule has 2 aliphatic heterocycles. The standard InChI is InChI=1S/C16H17NO3/c1-19-12-3-2-10-9-17-7-6-16-5-4-11(18)8-13(16)20-15(12)14(10)16/h2-5,9,11,13,18H,6-8H2,1H3. The minimum Gasteiger partial charge on any atom is -0.493 e. The zero-order valence-electron chi connectivity index (χ0n) is 11.4. The number of ether oxygens (including phenoxy) is 2. The summed E-state index contributed by atoms with van der Waals surface area (Å²) in [7, 11) is 1.66. The molecule has 1 spiro atoms. The molecule has 4 nitrogen and oxygen atoms in total. The SMILES string of the molecule is COc1ccc2c3c1OC1CC(O)C=CC31CCN=C2. The Morgan fingerprint density at radius 2 is 2.35 bits per heavy atom. The maximum atomic E-state index is 9.90. The Balaban J connectivity index is 1.98. The van der Waals surface area contributed by atoms with Crippen LogP contribution >= 0.6 is 0 Å². The first-order valence-corrected chi connectivity index (χ1v) is 7.00. The number of aliphatic hydroxyl groups excluding tert-OH is 1. The summed E-state index contributed by atoms with van der Waals surface area (Å²) in [4.78, 5) is 4.48. The fourth-order valence-corrected chi connectivity index (χ4v) is 3.66. The molecule has 0 amide bonds. The van der Waals surface area contributed by atoms with Crippen molar-refractivity contribution in [3.63, 3.8) is 0 Å². The summed E-state index contributed by atoms with van der Waals surface area (Å²) in [6, 6.07) is 3.97. The van der Waals surface area contributed by atoms with Crippen LogP contribution in [0.2, 0.25) is 0 Å². The van der Waals surface area contributed by atoms with Crippen molar-refractivity contribution >= 4 is 6.21 Å². The van der Waals surface area contributed by atoms with Crippen LogP contribution in [-0.4, -0.2) is 37.2 Å². The lowest BCUT2D eigenvalue weighted by atomic mass is 9.69. The summed E-state index contributed by atoms with van der Waals surface area (Å²) in [6.45, 7) is 0.775. The molecule has 4 heteroatoms. The molecule has 104 valence electrons. The second kappa shape index (κ2) is 4.09. The number of aliphatic hydroxyl groups is 1. The Labute approximate surface area is 117 Å². The van der Waals surface area contributed by atoms with E-state index in [0.717, 1.165) is 30.0 Å². The molecule has 3 aliphatic rings. The molecule has 4 rings (SSSR count).